The summed E-state index contributed by atoms with van der Waals surface area (Å²) in [6.45, 7) is 0.446. The number of aromatic amines is 1. The number of halogens is 1. The summed E-state index contributed by atoms with van der Waals surface area (Å²) in [5, 5.41) is 12.1. The Morgan fingerprint density at radius 1 is 0.774 bits per heavy atom. The van der Waals surface area contributed by atoms with E-state index < -0.39 is 10.0 Å². The highest BCUT2D eigenvalue weighted by atomic mass is 79.9. The first kappa shape index (κ1) is 36.0. The molecule has 0 radical (unpaired) electrons. The standard InChI is InChI=1S/C38H34BrN7O5S2/c1-49-27-13-7-24(8-14-27)21-45(22-25-9-15-28(50-2)16-10-25)53(47,48)36-32(39)20-19-30(31-5-4-6-33-35(31)41-38(40)52-33)34(36)37-42-43-44-46(37)23-26-11-17-29(51-3)18-12-26/h4-20H,21-23H2,1-3H3,(H2,40,41,42,44)/p+1. The third-order valence-corrected chi connectivity index (χ3v) is 12.4. The zero-order valence-electron chi connectivity index (χ0n) is 29.0. The highest BCUT2D eigenvalue weighted by Gasteiger charge is 2.37. The van der Waals surface area contributed by atoms with Crippen LogP contribution in [0.5, 0.6) is 17.2 Å². The number of anilines is 1. The van der Waals surface area contributed by atoms with Crippen LogP contribution in [0, 0.1) is 0 Å². The van der Waals surface area contributed by atoms with Gasteiger partial charge in [-0.15, -0.1) is 0 Å². The van der Waals surface area contributed by atoms with Gasteiger partial charge in [-0.05, 0) is 86.7 Å². The zero-order chi connectivity index (χ0) is 37.1. The molecule has 0 saturated carbocycles. The fourth-order valence-corrected chi connectivity index (χ4v) is 9.47. The number of H-pyrrole nitrogens is 1. The number of nitrogens with two attached hydrogens (primary N) is 1. The summed E-state index contributed by atoms with van der Waals surface area (Å²) in [6.07, 6.45) is 0. The van der Waals surface area contributed by atoms with E-state index in [-0.39, 0.29) is 18.0 Å². The van der Waals surface area contributed by atoms with Crippen molar-refractivity contribution in [3.05, 3.63) is 124 Å². The Balaban J connectivity index is 1.44. The molecular formula is C38H35BrN7O5S2+. The number of methoxy groups -OCH3 is 3. The van der Waals surface area contributed by atoms with Gasteiger partial charge in [-0.1, -0.05) is 71.1 Å². The van der Waals surface area contributed by atoms with E-state index in [0.29, 0.717) is 61.4 Å². The van der Waals surface area contributed by atoms with E-state index in [2.05, 4.69) is 36.4 Å². The van der Waals surface area contributed by atoms with Gasteiger partial charge in [0.05, 0.1) is 37.1 Å². The molecule has 7 rings (SSSR count). The van der Waals surface area contributed by atoms with Crippen LogP contribution < -0.4 is 24.6 Å². The van der Waals surface area contributed by atoms with Gasteiger partial charge in [0.1, 0.15) is 33.8 Å². The monoisotopic (exact) mass is 812 g/mol. The van der Waals surface area contributed by atoms with Crippen molar-refractivity contribution in [3.8, 4) is 39.8 Å². The summed E-state index contributed by atoms with van der Waals surface area (Å²) >= 11 is 5.02. The van der Waals surface area contributed by atoms with Gasteiger partial charge in [-0.25, -0.2) is 13.4 Å². The second-order valence-corrected chi connectivity index (χ2v) is 15.8. The molecule has 0 aliphatic carbocycles. The number of benzene rings is 5. The Labute approximate surface area is 319 Å². The van der Waals surface area contributed by atoms with Gasteiger partial charge in [0, 0.05) is 23.1 Å². The molecular weight excluding hydrogens is 778 g/mol. The van der Waals surface area contributed by atoms with E-state index in [0.717, 1.165) is 21.4 Å². The summed E-state index contributed by atoms with van der Waals surface area (Å²) in [5.41, 5.74) is 10.9. The van der Waals surface area contributed by atoms with Crippen molar-refractivity contribution in [1.29, 1.82) is 0 Å². The number of hydrogen-bond donors (Lipinski definition) is 2. The molecule has 0 atom stereocenters. The molecule has 0 saturated heterocycles. The number of nitrogens with one attached hydrogen (secondary N) is 1. The minimum Gasteiger partial charge on any atom is -0.497 e. The van der Waals surface area contributed by atoms with E-state index in [9.17, 15) is 0 Å². The van der Waals surface area contributed by atoms with Gasteiger partial charge in [-0.3, -0.25) is 0 Å². The maximum atomic E-state index is 15.4. The van der Waals surface area contributed by atoms with Gasteiger partial charge in [0.25, 0.3) is 0 Å². The van der Waals surface area contributed by atoms with Crippen LogP contribution in [-0.4, -0.2) is 54.6 Å². The summed E-state index contributed by atoms with van der Waals surface area (Å²) in [4.78, 5) is 4.67. The van der Waals surface area contributed by atoms with Gasteiger partial charge in [-0.2, -0.15) is 8.99 Å². The first-order chi connectivity index (χ1) is 25.7. The second kappa shape index (κ2) is 15.3. The van der Waals surface area contributed by atoms with E-state index in [1.807, 2.05) is 97.1 Å². The Morgan fingerprint density at radius 2 is 1.34 bits per heavy atom. The fourth-order valence-electron chi connectivity index (χ4n) is 6.10. The number of sulfonamides is 1. The molecule has 12 nitrogen and oxygen atoms in total. The lowest BCUT2D eigenvalue weighted by molar-refractivity contribution is -0.736. The summed E-state index contributed by atoms with van der Waals surface area (Å²) in [6, 6.07) is 31.6. The molecule has 0 bridgehead atoms. The van der Waals surface area contributed by atoms with Crippen LogP contribution in [0.3, 0.4) is 0 Å². The summed E-state index contributed by atoms with van der Waals surface area (Å²) in [5.74, 6) is 2.36. The number of nitrogen functional groups attached to an aromatic ring is 1. The molecule has 2 aromatic heterocycles. The predicted molar refractivity (Wildman–Crippen MR) is 207 cm³/mol. The molecule has 7 aromatic rings. The average molecular weight is 814 g/mol. The maximum absolute atomic E-state index is 15.4. The van der Waals surface area contributed by atoms with Crippen LogP contribution in [0.25, 0.3) is 32.7 Å². The number of rotatable bonds is 13. The van der Waals surface area contributed by atoms with Crippen LogP contribution in [-0.2, 0) is 29.7 Å². The first-order valence-corrected chi connectivity index (χ1v) is 19.4. The van der Waals surface area contributed by atoms with Crippen molar-refractivity contribution in [2.24, 2.45) is 0 Å². The third kappa shape index (κ3) is 7.46. The van der Waals surface area contributed by atoms with Crippen molar-refractivity contribution in [1.82, 2.24) is 24.8 Å². The molecule has 0 aliphatic rings. The number of hydrogen-bond acceptors (Lipinski definition) is 10. The van der Waals surface area contributed by atoms with Crippen LogP contribution in [0.1, 0.15) is 16.7 Å². The lowest BCUT2D eigenvalue weighted by atomic mass is 9.98. The Bertz CT molecular complexity index is 2440. The lowest BCUT2D eigenvalue weighted by Gasteiger charge is -2.25. The Morgan fingerprint density at radius 3 is 1.91 bits per heavy atom. The van der Waals surface area contributed by atoms with E-state index >= 15 is 8.42 Å². The number of thiazole rings is 1. The van der Waals surface area contributed by atoms with Crippen LogP contribution in [0.4, 0.5) is 5.13 Å². The van der Waals surface area contributed by atoms with Crippen molar-refractivity contribution < 1.29 is 27.3 Å². The minimum atomic E-state index is -4.32. The maximum Gasteiger partial charge on any atom is 0.334 e. The molecule has 5 aromatic carbocycles. The van der Waals surface area contributed by atoms with E-state index in [4.69, 9.17) is 19.9 Å². The summed E-state index contributed by atoms with van der Waals surface area (Å²) < 4.78 is 51.4. The van der Waals surface area contributed by atoms with Crippen LogP contribution in [0.15, 0.2) is 112 Å². The van der Waals surface area contributed by atoms with E-state index in [1.165, 1.54) is 15.6 Å². The molecule has 53 heavy (non-hydrogen) atoms. The number of tetrazole rings is 1. The highest BCUT2D eigenvalue weighted by molar-refractivity contribution is 9.10. The molecule has 2 heterocycles. The SMILES string of the molecule is COc1ccc(CN(Cc2ccc(OC)cc2)S(=O)(=O)c2c(Br)ccc(-c3cccc4sc(N)nc34)c2-c2nn[nH][n+]2Cc2ccc(OC)cc2)cc1. The third-order valence-electron chi connectivity index (χ3n) is 8.76. The van der Waals surface area contributed by atoms with Crippen molar-refractivity contribution in [3.63, 3.8) is 0 Å². The first-order valence-electron chi connectivity index (χ1n) is 16.4. The largest absolute Gasteiger partial charge is 0.497 e. The Hall–Kier alpha value is -5.35. The summed E-state index contributed by atoms with van der Waals surface area (Å²) in [7, 11) is 0.468. The predicted octanol–water partition coefficient (Wildman–Crippen LogP) is 6.85. The average Bonchev–Trinajstić information content (AvgIpc) is 3.80. The quantitative estimate of drug-likeness (QED) is 0.119. The fraction of sp³-hybridized carbons (Fsp3) is 0.158. The van der Waals surface area contributed by atoms with Gasteiger partial charge >= 0.3 is 5.82 Å². The molecule has 270 valence electrons. The van der Waals surface area contributed by atoms with Crippen molar-refractivity contribution >= 4 is 52.6 Å². The number of aromatic nitrogens is 5. The van der Waals surface area contributed by atoms with E-state index in [1.54, 1.807) is 32.1 Å². The second-order valence-electron chi connectivity index (χ2n) is 12.0. The number of nitrogens with zero attached hydrogens (tertiary/aromatic N) is 5. The van der Waals surface area contributed by atoms with Gasteiger partial charge in [0.2, 0.25) is 10.0 Å². The molecule has 0 amide bonds. The highest BCUT2D eigenvalue weighted by Crippen LogP contribution is 2.43. The van der Waals surface area contributed by atoms with Gasteiger partial charge < -0.3 is 19.9 Å². The topological polar surface area (TPSA) is 149 Å². The zero-order valence-corrected chi connectivity index (χ0v) is 32.2. The van der Waals surface area contributed by atoms with Crippen LogP contribution in [0.2, 0.25) is 0 Å². The number of fused-ring (bicyclic) bond motifs is 1. The number of ether oxygens (including phenoxy) is 3. The van der Waals surface area contributed by atoms with Crippen molar-refractivity contribution in [2.45, 2.75) is 24.5 Å². The minimum absolute atomic E-state index is 0.0228. The van der Waals surface area contributed by atoms with Gasteiger partial charge in [0.15, 0.2) is 10.3 Å². The lowest BCUT2D eigenvalue weighted by Crippen LogP contribution is -2.39. The molecule has 15 heteroatoms. The molecule has 0 aliphatic heterocycles. The smallest absolute Gasteiger partial charge is 0.334 e. The molecule has 0 fully saturated rings. The normalized spacial score (nSPS) is 11.6. The molecule has 3 N–H and O–H groups in total. The Kier molecular flexibility index (Phi) is 10.4. The molecule has 0 spiro atoms. The molecule has 0 unspecified atom stereocenters. The number of para-hydroxylation sites is 1. The van der Waals surface area contributed by atoms with Crippen LogP contribution >= 0.6 is 27.3 Å². The van der Waals surface area contributed by atoms with Crippen molar-refractivity contribution in [2.75, 3.05) is 27.1 Å².